The second kappa shape index (κ2) is 7.44. The van der Waals surface area contributed by atoms with Crippen molar-refractivity contribution in [3.8, 4) is 11.8 Å². The van der Waals surface area contributed by atoms with E-state index in [1.165, 1.54) is 0 Å². The van der Waals surface area contributed by atoms with Gasteiger partial charge in [-0.05, 0) is 37.8 Å². The summed E-state index contributed by atoms with van der Waals surface area (Å²) in [4.78, 5) is 35.9. The first-order chi connectivity index (χ1) is 12.5. The van der Waals surface area contributed by atoms with Crippen LogP contribution in [0.2, 0.25) is 0 Å². The molecular weight excluding hydrogens is 338 g/mol. The molecule has 1 fully saturated rings. The van der Waals surface area contributed by atoms with Crippen LogP contribution in [0.3, 0.4) is 0 Å². The van der Waals surface area contributed by atoms with Crippen molar-refractivity contribution in [1.82, 2.24) is 5.32 Å². The van der Waals surface area contributed by atoms with Gasteiger partial charge in [-0.2, -0.15) is 5.26 Å². The number of hydrogen-bond acceptors (Lipinski definition) is 6. The van der Waals surface area contributed by atoms with Gasteiger partial charge in [0.05, 0.1) is 18.2 Å². The number of nitrogens with one attached hydrogen (secondary N) is 2. The van der Waals surface area contributed by atoms with Gasteiger partial charge in [0, 0.05) is 0 Å². The first-order valence-corrected chi connectivity index (χ1v) is 8.46. The van der Waals surface area contributed by atoms with Crippen LogP contribution in [0.15, 0.2) is 24.3 Å². The summed E-state index contributed by atoms with van der Waals surface area (Å²) in [6.07, 6.45) is 1.63. The molecule has 2 amide bonds. The number of nitriles is 1. The zero-order valence-electron chi connectivity index (χ0n) is 14.1. The molecule has 2 N–H and O–H groups in total. The van der Waals surface area contributed by atoms with E-state index in [1.807, 2.05) is 0 Å². The van der Waals surface area contributed by atoms with E-state index in [0.717, 1.165) is 12.8 Å². The molecule has 1 aromatic rings. The number of rotatable bonds is 5. The molecule has 8 nitrogen and oxygen atoms in total. The van der Waals surface area contributed by atoms with Crippen LogP contribution in [0, 0.1) is 11.3 Å². The fourth-order valence-electron chi connectivity index (χ4n) is 3.13. The third-order valence-corrected chi connectivity index (χ3v) is 4.47. The molecule has 1 heterocycles. The highest BCUT2D eigenvalue weighted by atomic mass is 16.5. The first-order valence-electron chi connectivity index (χ1n) is 8.46. The molecule has 1 atom stereocenters. The van der Waals surface area contributed by atoms with Gasteiger partial charge in [-0.25, -0.2) is 0 Å². The van der Waals surface area contributed by atoms with Crippen LogP contribution in [-0.2, 0) is 19.1 Å². The van der Waals surface area contributed by atoms with E-state index >= 15 is 0 Å². The van der Waals surface area contributed by atoms with E-state index in [4.69, 9.17) is 9.47 Å². The van der Waals surface area contributed by atoms with Crippen LogP contribution >= 0.6 is 0 Å². The molecule has 0 spiro atoms. The molecule has 1 unspecified atom stereocenters. The zero-order valence-corrected chi connectivity index (χ0v) is 14.1. The Hall–Kier alpha value is -3.08. The van der Waals surface area contributed by atoms with E-state index in [9.17, 15) is 19.6 Å². The average Bonchev–Trinajstić information content (AvgIpc) is 3.09. The van der Waals surface area contributed by atoms with Crippen molar-refractivity contribution < 1.29 is 23.9 Å². The van der Waals surface area contributed by atoms with Crippen molar-refractivity contribution in [2.45, 2.75) is 43.7 Å². The first kappa shape index (κ1) is 17.7. The summed E-state index contributed by atoms with van der Waals surface area (Å²) < 4.78 is 10.4. The number of carbonyl (C=O) groups excluding carboxylic acids is 3. The van der Waals surface area contributed by atoms with E-state index in [1.54, 1.807) is 24.3 Å². The van der Waals surface area contributed by atoms with Gasteiger partial charge in [-0.1, -0.05) is 12.1 Å². The smallest absolute Gasteiger partial charge is 0.310 e. The fraction of sp³-hybridized carbons (Fsp3) is 0.444. The molecule has 26 heavy (non-hydrogen) atoms. The van der Waals surface area contributed by atoms with Gasteiger partial charge in [0.1, 0.15) is 11.3 Å². The summed E-state index contributed by atoms with van der Waals surface area (Å²) >= 11 is 0. The maximum absolute atomic E-state index is 12.0. The van der Waals surface area contributed by atoms with E-state index in [2.05, 4.69) is 16.7 Å². The van der Waals surface area contributed by atoms with Crippen molar-refractivity contribution in [2.75, 3.05) is 11.9 Å². The van der Waals surface area contributed by atoms with Crippen molar-refractivity contribution in [3.05, 3.63) is 24.3 Å². The Morgan fingerprint density at radius 2 is 2.08 bits per heavy atom. The SMILES string of the molecule is N#CC1(NC(=O)COC(=O)CC2Oc3ccccc3NC2=O)CCCC1. The third-order valence-electron chi connectivity index (χ3n) is 4.47. The summed E-state index contributed by atoms with van der Waals surface area (Å²) in [6, 6.07) is 9.02. The average molecular weight is 357 g/mol. The minimum Gasteiger partial charge on any atom is -0.478 e. The number of esters is 1. The summed E-state index contributed by atoms with van der Waals surface area (Å²) in [7, 11) is 0. The molecule has 0 aromatic heterocycles. The van der Waals surface area contributed by atoms with E-state index < -0.39 is 36.0 Å². The topological polar surface area (TPSA) is 118 Å². The van der Waals surface area contributed by atoms with Gasteiger partial charge in [0.25, 0.3) is 11.8 Å². The Labute approximate surface area is 150 Å². The van der Waals surface area contributed by atoms with Crippen LogP contribution in [0.1, 0.15) is 32.1 Å². The lowest BCUT2D eigenvalue weighted by molar-refractivity contribution is -0.151. The quantitative estimate of drug-likeness (QED) is 0.766. The van der Waals surface area contributed by atoms with Crippen LogP contribution in [0.25, 0.3) is 0 Å². The summed E-state index contributed by atoms with van der Waals surface area (Å²) in [5, 5.41) is 14.5. The number of hydrogen-bond donors (Lipinski definition) is 2. The number of benzene rings is 1. The highest BCUT2D eigenvalue weighted by Crippen LogP contribution is 2.30. The predicted octanol–water partition coefficient (Wildman–Crippen LogP) is 1.27. The maximum Gasteiger partial charge on any atom is 0.310 e. The Bertz CT molecular complexity index is 764. The monoisotopic (exact) mass is 357 g/mol. The standard InChI is InChI=1S/C18H19N3O5/c19-11-18(7-3-4-8-18)21-15(22)10-25-16(23)9-14-17(24)20-12-5-1-2-6-13(12)26-14/h1-2,5-6,14H,3-4,7-10H2,(H,20,24)(H,21,22). The number of ether oxygens (including phenoxy) is 2. The Kier molecular flexibility index (Phi) is 5.07. The molecule has 1 aliphatic heterocycles. The molecule has 0 bridgehead atoms. The van der Waals surface area contributed by atoms with Gasteiger partial charge >= 0.3 is 5.97 Å². The largest absolute Gasteiger partial charge is 0.478 e. The van der Waals surface area contributed by atoms with E-state index in [0.29, 0.717) is 24.3 Å². The number of anilines is 1. The van der Waals surface area contributed by atoms with Crippen molar-refractivity contribution in [1.29, 1.82) is 5.26 Å². The molecule has 2 aliphatic rings. The normalized spacial score (nSPS) is 20.1. The van der Waals surface area contributed by atoms with Crippen molar-refractivity contribution in [2.24, 2.45) is 0 Å². The molecule has 1 aromatic carbocycles. The second-order valence-electron chi connectivity index (χ2n) is 6.41. The minimum absolute atomic E-state index is 0.309. The minimum atomic E-state index is -1.01. The van der Waals surface area contributed by atoms with Crippen molar-refractivity contribution in [3.63, 3.8) is 0 Å². The molecule has 8 heteroatoms. The van der Waals surface area contributed by atoms with E-state index in [-0.39, 0.29) is 6.42 Å². The number of nitrogens with zero attached hydrogens (tertiary/aromatic N) is 1. The van der Waals surface area contributed by atoms with Crippen molar-refractivity contribution >= 4 is 23.5 Å². The van der Waals surface area contributed by atoms with Crippen LogP contribution in [0.5, 0.6) is 5.75 Å². The van der Waals surface area contributed by atoms with Crippen LogP contribution in [-0.4, -0.2) is 36.0 Å². The lowest BCUT2D eigenvalue weighted by Crippen LogP contribution is -2.47. The number of carbonyl (C=O) groups is 3. The molecule has 3 rings (SSSR count). The summed E-state index contributed by atoms with van der Waals surface area (Å²) in [6.45, 7) is -0.493. The summed E-state index contributed by atoms with van der Waals surface area (Å²) in [5.41, 5.74) is -0.320. The van der Waals surface area contributed by atoms with Gasteiger partial charge < -0.3 is 20.1 Å². The molecule has 0 radical (unpaired) electrons. The van der Waals surface area contributed by atoms with Gasteiger partial charge in [0.2, 0.25) is 0 Å². The highest BCUT2D eigenvalue weighted by molar-refractivity contribution is 5.99. The predicted molar refractivity (Wildman–Crippen MR) is 90.0 cm³/mol. The zero-order chi connectivity index (χ0) is 18.6. The lowest BCUT2D eigenvalue weighted by atomic mass is 10.00. The highest BCUT2D eigenvalue weighted by Gasteiger charge is 2.36. The third kappa shape index (κ3) is 3.94. The molecule has 136 valence electrons. The van der Waals surface area contributed by atoms with Gasteiger partial charge in [0.15, 0.2) is 12.7 Å². The number of amides is 2. The summed E-state index contributed by atoms with van der Waals surface area (Å²) in [5.74, 6) is -1.22. The van der Waals surface area contributed by atoms with Crippen LogP contribution < -0.4 is 15.4 Å². The lowest BCUT2D eigenvalue weighted by Gasteiger charge is -2.25. The Balaban J connectivity index is 1.48. The molecule has 1 saturated carbocycles. The molecule has 1 aliphatic carbocycles. The Morgan fingerprint density at radius 1 is 1.35 bits per heavy atom. The molecule has 0 saturated heterocycles. The second-order valence-corrected chi connectivity index (χ2v) is 6.41. The number of fused-ring (bicyclic) bond motifs is 1. The maximum atomic E-state index is 12.0. The van der Waals surface area contributed by atoms with Gasteiger partial charge in [-0.15, -0.1) is 0 Å². The fourth-order valence-corrected chi connectivity index (χ4v) is 3.13. The molecular formula is C18H19N3O5. The number of para-hydroxylation sites is 2. The van der Waals surface area contributed by atoms with Gasteiger partial charge in [-0.3, -0.25) is 14.4 Å². The Morgan fingerprint density at radius 3 is 2.81 bits per heavy atom. The van der Waals surface area contributed by atoms with Crippen LogP contribution in [0.4, 0.5) is 5.69 Å².